The van der Waals surface area contributed by atoms with Gasteiger partial charge in [0.05, 0.1) is 12.0 Å². The van der Waals surface area contributed by atoms with Gasteiger partial charge in [0.2, 0.25) is 5.91 Å². The van der Waals surface area contributed by atoms with Crippen molar-refractivity contribution in [1.29, 1.82) is 0 Å². The Morgan fingerprint density at radius 1 is 1.03 bits per heavy atom. The summed E-state index contributed by atoms with van der Waals surface area (Å²) in [6.45, 7) is 4.12. The number of nitrogens with zero attached hydrogens (tertiary/aromatic N) is 2. The van der Waals surface area contributed by atoms with E-state index >= 15 is 0 Å². The molecule has 0 unspecified atom stereocenters. The number of aliphatic hydroxyl groups excluding tert-OH is 1. The van der Waals surface area contributed by atoms with Gasteiger partial charge < -0.3 is 29.7 Å². The van der Waals surface area contributed by atoms with E-state index in [0.717, 1.165) is 42.5 Å². The Hall–Kier alpha value is -3.43. The van der Waals surface area contributed by atoms with Crippen molar-refractivity contribution in [2.45, 2.75) is 25.0 Å². The van der Waals surface area contributed by atoms with Crippen LogP contribution in [0.15, 0.2) is 48.5 Å². The lowest BCUT2D eigenvalue weighted by Gasteiger charge is -2.36. The zero-order valence-electron chi connectivity index (χ0n) is 21.0. The molecule has 6 rings (SSSR count). The number of carbonyl (C=O) groups excluding carboxylic acids is 1. The molecule has 3 aromatic carbocycles. The van der Waals surface area contributed by atoms with Crippen LogP contribution in [-0.4, -0.2) is 67.9 Å². The van der Waals surface area contributed by atoms with E-state index in [2.05, 4.69) is 15.1 Å². The van der Waals surface area contributed by atoms with E-state index < -0.39 is 18.0 Å². The van der Waals surface area contributed by atoms with Gasteiger partial charge in [0.15, 0.2) is 17.3 Å². The molecule has 9 heteroatoms. The Labute approximate surface area is 219 Å². The van der Waals surface area contributed by atoms with Gasteiger partial charge >= 0.3 is 0 Å². The Morgan fingerprint density at radius 2 is 1.82 bits per heavy atom. The van der Waals surface area contributed by atoms with Crippen molar-refractivity contribution in [2.24, 2.45) is 5.92 Å². The Morgan fingerprint density at radius 3 is 2.63 bits per heavy atom. The average molecular weight is 524 g/mol. The summed E-state index contributed by atoms with van der Waals surface area (Å²) >= 11 is 0. The molecule has 0 saturated carbocycles. The third kappa shape index (κ3) is 5.00. The average Bonchev–Trinajstić information content (AvgIpc) is 3.40. The first-order valence-electron chi connectivity index (χ1n) is 13.2. The summed E-state index contributed by atoms with van der Waals surface area (Å²) in [5.41, 5.74) is 1.33. The molecule has 0 aromatic heterocycles. The fourth-order valence-corrected chi connectivity index (χ4v) is 5.51. The van der Waals surface area contributed by atoms with Crippen molar-refractivity contribution in [2.75, 3.05) is 50.8 Å². The van der Waals surface area contributed by atoms with Gasteiger partial charge in [0.25, 0.3) is 0 Å². The smallest absolute Gasteiger partial charge is 0.225 e. The monoisotopic (exact) mass is 523 g/mol. The maximum atomic E-state index is 14.7. The minimum absolute atomic E-state index is 0.0559. The number of carbonyl (C=O) groups is 1. The molecule has 1 amide bonds. The first-order valence-corrected chi connectivity index (χ1v) is 13.2. The number of halogens is 2. The lowest BCUT2D eigenvalue weighted by atomic mass is 9.98. The van der Waals surface area contributed by atoms with Crippen LogP contribution in [0, 0.1) is 17.6 Å². The molecule has 2 N–H and O–H groups in total. The SMILES string of the molecule is O=C(N[C@H](CN1CCC1)[C@H](O)c1cc(F)c2c(c1)OCCO2)[C@@H]1CCN(c2ccc3cc(F)ccc3c2)C1. The fourth-order valence-electron chi connectivity index (χ4n) is 5.51. The quantitative estimate of drug-likeness (QED) is 0.493. The normalized spacial score (nSPS) is 20.7. The number of anilines is 1. The molecule has 0 radical (unpaired) electrons. The molecule has 2 fully saturated rings. The molecule has 2 saturated heterocycles. The zero-order valence-corrected chi connectivity index (χ0v) is 21.0. The summed E-state index contributed by atoms with van der Waals surface area (Å²) in [5, 5.41) is 16.1. The van der Waals surface area contributed by atoms with Gasteiger partial charge in [-0.25, -0.2) is 8.78 Å². The Balaban J connectivity index is 1.16. The highest BCUT2D eigenvalue weighted by atomic mass is 19.1. The first-order chi connectivity index (χ1) is 18.4. The highest BCUT2D eigenvalue weighted by molar-refractivity contribution is 5.86. The van der Waals surface area contributed by atoms with E-state index in [1.165, 1.54) is 18.2 Å². The molecule has 3 heterocycles. The number of benzene rings is 3. The van der Waals surface area contributed by atoms with Crippen LogP contribution in [-0.2, 0) is 4.79 Å². The van der Waals surface area contributed by atoms with E-state index in [4.69, 9.17) is 9.47 Å². The molecule has 200 valence electrons. The Bertz CT molecular complexity index is 1350. The third-order valence-corrected chi connectivity index (χ3v) is 7.78. The van der Waals surface area contributed by atoms with Gasteiger partial charge in [-0.05, 0) is 78.7 Å². The van der Waals surface area contributed by atoms with E-state index in [-0.39, 0.29) is 35.7 Å². The molecular formula is C29H31F2N3O4. The number of fused-ring (bicyclic) bond motifs is 2. The van der Waals surface area contributed by atoms with Gasteiger partial charge in [0, 0.05) is 25.3 Å². The minimum atomic E-state index is -1.11. The van der Waals surface area contributed by atoms with Crippen LogP contribution >= 0.6 is 0 Å². The number of likely N-dealkylation sites (tertiary alicyclic amines) is 1. The van der Waals surface area contributed by atoms with Crippen LogP contribution < -0.4 is 19.7 Å². The maximum Gasteiger partial charge on any atom is 0.225 e. The van der Waals surface area contributed by atoms with Crippen molar-refractivity contribution in [3.8, 4) is 11.5 Å². The molecule has 0 aliphatic carbocycles. The van der Waals surface area contributed by atoms with E-state index in [1.807, 2.05) is 18.2 Å². The summed E-state index contributed by atoms with van der Waals surface area (Å²) in [7, 11) is 0. The maximum absolute atomic E-state index is 14.7. The number of hydrogen-bond donors (Lipinski definition) is 2. The Kier molecular flexibility index (Phi) is 6.80. The lowest BCUT2D eigenvalue weighted by Crippen LogP contribution is -2.52. The van der Waals surface area contributed by atoms with Crippen molar-refractivity contribution >= 4 is 22.4 Å². The second-order valence-corrected chi connectivity index (χ2v) is 10.3. The molecule has 7 nitrogen and oxygen atoms in total. The first kappa shape index (κ1) is 24.9. The summed E-state index contributed by atoms with van der Waals surface area (Å²) in [4.78, 5) is 17.7. The van der Waals surface area contributed by atoms with Crippen molar-refractivity contribution < 1.29 is 28.2 Å². The van der Waals surface area contributed by atoms with E-state index in [1.54, 1.807) is 12.1 Å². The second-order valence-electron chi connectivity index (χ2n) is 10.3. The van der Waals surface area contributed by atoms with E-state index in [9.17, 15) is 18.7 Å². The number of amides is 1. The molecular weight excluding hydrogens is 492 g/mol. The van der Waals surface area contributed by atoms with Crippen LogP contribution in [0.2, 0.25) is 0 Å². The minimum Gasteiger partial charge on any atom is -0.486 e. The molecule has 0 spiro atoms. The van der Waals surface area contributed by atoms with Crippen LogP contribution in [0.5, 0.6) is 11.5 Å². The van der Waals surface area contributed by atoms with Crippen LogP contribution in [0.25, 0.3) is 10.8 Å². The summed E-state index contributed by atoms with van der Waals surface area (Å²) < 4.78 is 39.1. The van der Waals surface area contributed by atoms with Gasteiger partial charge in [-0.2, -0.15) is 0 Å². The predicted octanol–water partition coefficient (Wildman–Crippen LogP) is 3.64. The van der Waals surface area contributed by atoms with E-state index in [0.29, 0.717) is 31.7 Å². The molecule has 3 aromatic rings. The number of ether oxygens (including phenoxy) is 2. The fraction of sp³-hybridized carbons (Fsp3) is 0.414. The molecule has 3 aliphatic rings. The summed E-state index contributed by atoms with van der Waals surface area (Å²) in [6.07, 6.45) is 0.646. The topological polar surface area (TPSA) is 74.3 Å². The zero-order chi connectivity index (χ0) is 26.2. The second kappa shape index (κ2) is 10.4. The number of hydrogen-bond acceptors (Lipinski definition) is 6. The van der Waals surface area contributed by atoms with Crippen molar-refractivity contribution in [1.82, 2.24) is 10.2 Å². The van der Waals surface area contributed by atoms with Crippen LogP contribution in [0.4, 0.5) is 14.5 Å². The molecule has 0 bridgehead atoms. The molecule has 38 heavy (non-hydrogen) atoms. The highest BCUT2D eigenvalue weighted by Gasteiger charge is 2.34. The van der Waals surface area contributed by atoms with Gasteiger partial charge in [-0.3, -0.25) is 4.79 Å². The molecule has 3 aliphatic heterocycles. The summed E-state index contributed by atoms with van der Waals surface area (Å²) in [5.74, 6) is -0.906. The standard InChI is InChI=1S/C29H31F2N3O4/c30-22-4-2-19-13-23(5-3-18(19)12-22)34-9-6-20(16-34)29(36)32-25(17-33-7-1-8-33)27(35)21-14-24(31)28-26(15-21)37-10-11-38-28/h2-5,12-15,20,25,27,35H,1,6-11,16-17H2,(H,32,36)/t20-,25-,27-/m1/s1. The van der Waals surface area contributed by atoms with Gasteiger partial charge in [-0.1, -0.05) is 12.1 Å². The highest BCUT2D eigenvalue weighted by Crippen LogP contribution is 2.37. The van der Waals surface area contributed by atoms with Crippen LogP contribution in [0.3, 0.4) is 0 Å². The number of rotatable bonds is 7. The lowest BCUT2D eigenvalue weighted by molar-refractivity contribution is -0.126. The number of aliphatic hydroxyl groups is 1. The largest absolute Gasteiger partial charge is 0.486 e. The van der Waals surface area contributed by atoms with Crippen molar-refractivity contribution in [3.63, 3.8) is 0 Å². The summed E-state index contributed by atoms with van der Waals surface area (Å²) in [6, 6.07) is 12.8. The van der Waals surface area contributed by atoms with Gasteiger partial charge in [-0.15, -0.1) is 0 Å². The third-order valence-electron chi connectivity index (χ3n) is 7.78. The van der Waals surface area contributed by atoms with Gasteiger partial charge in [0.1, 0.15) is 25.1 Å². The van der Waals surface area contributed by atoms with Crippen LogP contribution in [0.1, 0.15) is 24.5 Å². The predicted molar refractivity (Wildman–Crippen MR) is 140 cm³/mol. The number of nitrogens with one attached hydrogen (secondary N) is 1. The molecule has 3 atom stereocenters. The van der Waals surface area contributed by atoms with Crippen molar-refractivity contribution in [3.05, 3.63) is 65.7 Å².